The van der Waals surface area contributed by atoms with E-state index in [0.717, 1.165) is 43.2 Å². The minimum Gasteiger partial charge on any atom is -0.497 e. The molecule has 28 heavy (non-hydrogen) atoms. The number of ether oxygens (including phenoxy) is 1. The molecular formula is C22H34N2O3S. The van der Waals surface area contributed by atoms with E-state index >= 15 is 0 Å². The molecule has 0 N–H and O–H groups in total. The first-order chi connectivity index (χ1) is 13.6. The zero-order valence-corrected chi connectivity index (χ0v) is 17.9. The van der Waals surface area contributed by atoms with Gasteiger partial charge in [-0.05, 0) is 68.3 Å². The second-order valence-electron chi connectivity index (χ2n) is 8.87. The molecule has 1 saturated carbocycles. The molecule has 1 aromatic carbocycles. The van der Waals surface area contributed by atoms with Crippen molar-refractivity contribution in [3.63, 3.8) is 0 Å². The van der Waals surface area contributed by atoms with E-state index in [1.54, 1.807) is 11.4 Å². The van der Waals surface area contributed by atoms with Crippen LogP contribution < -0.4 is 4.74 Å². The number of benzene rings is 1. The SMILES string of the molecule is COc1cccc(CN2C[C@H]3CCN(CC4CCCCC4)CC[C@H]3S2(=O)=O)c1. The number of sulfonamides is 1. The van der Waals surface area contributed by atoms with E-state index in [-0.39, 0.29) is 11.2 Å². The Morgan fingerprint density at radius 2 is 1.86 bits per heavy atom. The number of hydrogen-bond donors (Lipinski definition) is 0. The van der Waals surface area contributed by atoms with Crippen LogP contribution in [0.3, 0.4) is 0 Å². The van der Waals surface area contributed by atoms with Crippen LogP contribution in [0, 0.1) is 11.8 Å². The molecule has 0 amide bonds. The average Bonchev–Trinajstić information content (AvgIpc) is 2.83. The van der Waals surface area contributed by atoms with Crippen LogP contribution in [-0.2, 0) is 16.6 Å². The Hall–Kier alpha value is -1.11. The summed E-state index contributed by atoms with van der Waals surface area (Å²) in [6.45, 7) is 4.29. The highest BCUT2D eigenvalue weighted by Crippen LogP contribution is 2.36. The molecule has 3 aliphatic rings. The number of rotatable bonds is 5. The molecule has 3 fully saturated rings. The lowest BCUT2D eigenvalue weighted by molar-refractivity contribution is 0.203. The van der Waals surface area contributed by atoms with Gasteiger partial charge in [0.05, 0.1) is 12.4 Å². The number of methoxy groups -OCH3 is 1. The first kappa shape index (κ1) is 20.2. The average molecular weight is 407 g/mol. The molecule has 0 bridgehead atoms. The summed E-state index contributed by atoms with van der Waals surface area (Å²) < 4.78 is 33.4. The van der Waals surface area contributed by atoms with E-state index in [9.17, 15) is 8.42 Å². The highest BCUT2D eigenvalue weighted by atomic mass is 32.2. The smallest absolute Gasteiger partial charge is 0.217 e. The summed E-state index contributed by atoms with van der Waals surface area (Å²) >= 11 is 0. The third-order valence-corrected chi connectivity index (χ3v) is 9.37. The van der Waals surface area contributed by atoms with Gasteiger partial charge >= 0.3 is 0 Å². The first-order valence-corrected chi connectivity index (χ1v) is 12.4. The summed E-state index contributed by atoms with van der Waals surface area (Å²) in [6, 6.07) is 7.75. The molecule has 2 saturated heterocycles. The largest absolute Gasteiger partial charge is 0.497 e. The number of fused-ring (bicyclic) bond motifs is 1. The highest BCUT2D eigenvalue weighted by Gasteiger charge is 2.46. The van der Waals surface area contributed by atoms with Gasteiger partial charge in [0.1, 0.15) is 5.75 Å². The van der Waals surface area contributed by atoms with E-state index in [4.69, 9.17) is 4.74 Å². The van der Waals surface area contributed by atoms with Crippen LogP contribution in [0.15, 0.2) is 24.3 Å². The molecule has 4 rings (SSSR count). The summed E-state index contributed by atoms with van der Waals surface area (Å²) in [5, 5.41) is -0.200. The Balaban J connectivity index is 1.38. The third-order valence-electron chi connectivity index (χ3n) is 6.99. The van der Waals surface area contributed by atoms with Crippen LogP contribution in [-0.4, -0.2) is 56.2 Å². The molecule has 1 aromatic rings. The summed E-state index contributed by atoms with van der Waals surface area (Å²) in [5.41, 5.74) is 0.998. The predicted molar refractivity (Wildman–Crippen MR) is 112 cm³/mol. The van der Waals surface area contributed by atoms with Gasteiger partial charge in [-0.1, -0.05) is 31.4 Å². The van der Waals surface area contributed by atoms with E-state index in [1.807, 2.05) is 24.3 Å². The first-order valence-electron chi connectivity index (χ1n) is 10.9. The van der Waals surface area contributed by atoms with Crippen molar-refractivity contribution in [3.8, 4) is 5.75 Å². The molecule has 2 atom stereocenters. The standard InChI is InChI=1S/C22H34N2O3S/c1-27-21-9-5-8-19(14-21)16-24-17-20-10-12-23(13-11-22(20)28(24,25)26)15-18-6-3-2-4-7-18/h5,8-9,14,18,20,22H,2-4,6-7,10-13,15-17H2,1H3/t20-,22-/m1/s1. The fraction of sp³-hybridized carbons (Fsp3) is 0.727. The number of nitrogens with zero attached hydrogens (tertiary/aromatic N) is 2. The van der Waals surface area contributed by atoms with E-state index in [2.05, 4.69) is 4.90 Å². The molecule has 6 heteroatoms. The van der Waals surface area contributed by atoms with Gasteiger partial charge in [0.15, 0.2) is 0 Å². The molecular weight excluding hydrogens is 372 g/mol. The van der Waals surface area contributed by atoms with Crippen LogP contribution in [0.5, 0.6) is 5.75 Å². The van der Waals surface area contributed by atoms with Gasteiger partial charge in [-0.25, -0.2) is 8.42 Å². The maximum Gasteiger partial charge on any atom is 0.217 e. The Labute approximate surface area is 170 Å². The molecule has 2 heterocycles. The number of hydrogen-bond acceptors (Lipinski definition) is 4. The second-order valence-corrected chi connectivity index (χ2v) is 11.0. The zero-order chi connectivity index (χ0) is 19.6. The van der Waals surface area contributed by atoms with Gasteiger partial charge < -0.3 is 9.64 Å². The van der Waals surface area contributed by atoms with Crippen LogP contribution in [0.2, 0.25) is 0 Å². The van der Waals surface area contributed by atoms with E-state index in [0.29, 0.717) is 13.1 Å². The van der Waals surface area contributed by atoms with Crippen LogP contribution in [0.1, 0.15) is 50.5 Å². The summed E-state index contributed by atoms with van der Waals surface area (Å²) in [5.74, 6) is 1.88. The lowest BCUT2D eigenvalue weighted by Gasteiger charge is -2.29. The van der Waals surface area contributed by atoms with E-state index in [1.165, 1.54) is 38.6 Å². The Morgan fingerprint density at radius 3 is 2.64 bits per heavy atom. The van der Waals surface area contributed by atoms with Gasteiger partial charge in [-0.15, -0.1) is 0 Å². The molecule has 0 unspecified atom stereocenters. The van der Waals surface area contributed by atoms with Crippen molar-refractivity contribution in [1.82, 2.24) is 9.21 Å². The number of likely N-dealkylation sites (tertiary alicyclic amines) is 1. The van der Waals surface area contributed by atoms with Crippen LogP contribution in [0.4, 0.5) is 0 Å². The lowest BCUT2D eigenvalue weighted by atomic mass is 9.89. The maximum absolute atomic E-state index is 13.2. The summed E-state index contributed by atoms with van der Waals surface area (Å²) in [7, 11) is -1.58. The fourth-order valence-electron chi connectivity index (χ4n) is 5.40. The lowest BCUT2D eigenvalue weighted by Crippen LogP contribution is -2.34. The summed E-state index contributed by atoms with van der Waals surface area (Å²) in [6.07, 6.45) is 8.64. The van der Waals surface area contributed by atoms with E-state index < -0.39 is 10.0 Å². The molecule has 156 valence electrons. The molecule has 0 aromatic heterocycles. The molecule has 0 spiro atoms. The fourth-order valence-corrected chi connectivity index (χ4v) is 7.62. The van der Waals surface area contributed by atoms with Crippen molar-refractivity contribution in [2.24, 2.45) is 11.8 Å². The highest BCUT2D eigenvalue weighted by molar-refractivity contribution is 7.90. The zero-order valence-electron chi connectivity index (χ0n) is 17.1. The van der Waals surface area contributed by atoms with Crippen molar-refractivity contribution < 1.29 is 13.2 Å². The van der Waals surface area contributed by atoms with Crippen molar-refractivity contribution in [2.75, 3.05) is 33.3 Å². The van der Waals surface area contributed by atoms with Crippen molar-refractivity contribution in [3.05, 3.63) is 29.8 Å². The minimum absolute atomic E-state index is 0.200. The second kappa shape index (κ2) is 8.72. The van der Waals surface area contributed by atoms with Crippen molar-refractivity contribution >= 4 is 10.0 Å². The normalized spacial score (nSPS) is 29.3. The van der Waals surface area contributed by atoms with Crippen LogP contribution in [0.25, 0.3) is 0 Å². The third kappa shape index (κ3) is 4.39. The molecule has 2 aliphatic heterocycles. The Morgan fingerprint density at radius 1 is 1.07 bits per heavy atom. The Bertz CT molecular complexity index is 761. The molecule has 5 nitrogen and oxygen atoms in total. The predicted octanol–water partition coefficient (Wildman–Crippen LogP) is 3.50. The van der Waals surface area contributed by atoms with Gasteiger partial charge in [0.2, 0.25) is 10.0 Å². The van der Waals surface area contributed by atoms with Gasteiger partial charge in [-0.2, -0.15) is 4.31 Å². The summed E-state index contributed by atoms with van der Waals surface area (Å²) in [4.78, 5) is 2.55. The van der Waals surface area contributed by atoms with Crippen molar-refractivity contribution in [1.29, 1.82) is 0 Å². The van der Waals surface area contributed by atoms with Gasteiger partial charge in [0.25, 0.3) is 0 Å². The van der Waals surface area contributed by atoms with Gasteiger partial charge in [0, 0.05) is 19.6 Å². The molecule has 1 aliphatic carbocycles. The van der Waals surface area contributed by atoms with Crippen LogP contribution >= 0.6 is 0 Å². The molecule has 0 radical (unpaired) electrons. The quantitative estimate of drug-likeness (QED) is 0.751. The van der Waals surface area contributed by atoms with Crippen molar-refractivity contribution in [2.45, 2.75) is 56.7 Å². The van der Waals surface area contributed by atoms with Gasteiger partial charge in [-0.3, -0.25) is 0 Å². The monoisotopic (exact) mass is 406 g/mol. The maximum atomic E-state index is 13.2. The Kier molecular flexibility index (Phi) is 6.28. The minimum atomic E-state index is -3.22. The topological polar surface area (TPSA) is 49.9 Å².